The maximum Gasteiger partial charge on any atom is 0.305 e. The largest absolute Gasteiger partial charge is 0.462 e. The lowest BCUT2D eigenvalue weighted by Crippen LogP contribution is -2.55. The second kappa shape index (κ2) is 6.34. The molecular formula is C23H36O3. The van der Waals surface area contributed by atoms with Crippen molar-refractivity contribution in [1.82, 2.24) is 0 Å². The van der Waals surface area contributed by atoms with E-state index in [1.807, 2.05) is 6.92 Å². The van der Waals surface area contributed by atoms with Crippen LogP contribution in [0.3, 0.4) is 0 Å². The maximum atomic E-state index is 12.3. The number of esters is 1. The Morgan fingerprint density at radius 3 is 2.54 bits per heavy atom. The monoisotopic (exact) mass is 360 g/mol. The van der Waals surface area contributed by atoms with Gasteiger partial charge < -0.3 is 4.74 Å². The molecule has 4 rings (SSSR count). The van der Waals surface area contributed by atoms with Gasteiger partial charge in [-0.25, -0.2) is 0 Å². The molecule has 0 saturated heterocycles. The van der Waals surface area contributed by atoms with Crippen molar-refractivity contribution in [1.29, 1.82) is 0 Å². The van der Waals surface area contributed by atoms with Crippen LogP contribution in [0.1, 0.15) is 85.5 Å². The van der Waals surface area contributed by atoms with Crippen LogP contribution in [0, 0.1) is 40.4 Å². The van der Waals surface area contributed by atoms with Crippen LogP contribution < -0.4 is 0 Å². The highest BCUT2D eigenvalue weighted by Gasteiger charge is 2.61. The third-order valence-corrected chi connectivity index (χ3v) is 9.28. The van der Waals surface area contributed by atoms with Crippen molar-refractivity contribution in [3.63, 3.8) is 0 Å². The fourth-order valence-corrected chi connectivity index (χ4v) is 7.79. The molecular weight excluding hydrogens is 324 g/mol. The Bertz CT molecular complexity index is 598. The first kappa shape index (κ1) is 18.5. The van der Waals surface area contributed by atoms with Crippen molar-refractivity contribution in [2.45, 2.75) is 91.6 Å². The molecule has 0 amide bonds. The number of Topliss-reactive ketones (excluding diaryl/α,β-unsaturated/α-hetero) is 1. The standard InChI is InChI=1S/C23H36O3/c1-5-21(25)26-20-9-8-17-16-7-6-15-12-19(24)14(2)13-23(15,4)18(16)10-11-22(17,20)3/h14-18,20H,5-13H2,1-4H3/t14-,15?,16+,17+,18+,20+,22+,23+/m1/s1. The lowest BCUT2D eigenvalue weighted by atomic mass is 9.44. The van der Waals surface area contributed by atoms with E-state index in [2.05, 4.69) is 20.8 Å². The molecule has 0 N–H and O–H groups in total. The van der Waals surface area contributed by atoms with Gasteiger partial charge in [0.05, 0.1) is 0 Å². The minimum Gasteiger partial charge on any atom is -0.462 e. The molecule has 3 heteroatoms. The zero-order chi connectivity index (χ0) is 18.7. The molecule has 4 fully saturated rings. The number of carbonyl (C=O) groups excluding carboxylic acids is 2. The van der Waals surface area contributed by atoms with Crippen LogP contribution in [0.25, 0.3) is 0 Å². The van der Waals surface area contributed by atoms with Gasteiger partial charge in [0.2, 0.25) is 0 Å². The van der Waals surface area contributed by atoms with Crippen LogP contribution in [-0.2, 0) is 14.3 Å². The second-order valence-electron chi connectivity index (χ2n) is 10.4. The second-order valence-corrected chi connectivity index (χ2v) is 10.4. The van der Waals surface area contributed by atoms with Gasteiger partial charge in [-0.2, -0.15) is 0 Å². The molecule has 4 aliphatic carbocycles. The summed E-state index contributed by atoms with van der Waals surface area (Å²) in [5, 5.41) is 0. The molecule has 0 radical (unpaired) electrons. The Kier molecular flexibility index (Phi) is 4.51. The van der Waals surface area contributed by atoms with Crippen molar-refractivity contribution in [3.05, 3.63) is 0 Å². The highest BCUT2D eigenvalue weighted by Crippen LogP contribution is 2.66. The molecule has 0 aromatic rings. The molecule has 0 bridgehead atoms. The summed E-state index contributed by atoms with van der Waals surface area (Å²) in [7, 11) is 0. The average molecular weight is 361 g/mol. The van der Waals surface area contributed by atoms with Gasteiger partial charge in [0.15, 0.2) is 0 Å². The van der Waals surface area contributed by atoms with Crippen LogP contribution in [-0.4, -0.2) is 17.9 Å². The minimum absolute atomic E-state index is 0.0331. The zero-order valence-electron chi connectivity index (χ0n) is 17.1. The summed E-state index contributed by atoms with van der Waals surface area (Å²) in [6, 6.07) is 0. The van der Waals surface area contributed by atoms with Crippen molar-refractivity contribution in [2.75, 3.05) is 0 Å². The van der Waals surface area contributed by atoms with Crippen molar-refractivity contribution in [3.8, 4) is 0 Å². The van der Waals surface area contributed by atoms with Gasteiger partial charge in [-0.05, 0) is 74.0 Å². The molecule has 0 aliphatic heterocycles. The van der Waals surface area contributed by atoms with Crippen LogP contribution in [0.4, 0.5) is 0 Å². The Labute approximate surface area is 158 Å². The van der Waals surface area contributed by atoms with E-state index >= 15 is 0 Å². The summed E-state index contributed by atoms with van der Waals surface area (Å²) in [5.41, 5.74) is 0.515. The third kappa shape index (κ3) is 2.59. The van der Waals surface area contributed by atoms with E-state index < -0.39 is 0 Å². The molecule has 4 saturated carbocycles. The highest BCUT2D eigenvalue weighted by molar-refractivity contribution is 5.82. The van der Waals surface area contributed by atoms with E-state index in [0.717, 1.165) is 31.1 Å². The first-order valence-electron chi connectivity index (χ1n) is 11.0. The fraction of sp³-hybridized carbons (Fsp3) is 0.913. The quantitative estimate of drug-likeness (QED) is 0.638. The SMILES string of the molecule is CCC(=O)O[C@H]1CC[C@H]2[C@@H]3CCC4CC(=O)[C@H](C)C[C@]4(C)[C@H]3CC[C@]12C. The summed E-state index contributed by atoms with van der Waals surface area (Å²) in [6.45, 7) is 8.94. The number of hydrogen-bond acceptors (Lipinski definition) is 3. The lowest BCUT2D eigenvalue weighted by molar-refractivity contribution is -0.165. The summed E-state index contributed by atoms with van der Waals surface area (Å²) in [5.74, 6) is 3.53. The normalized spacial score (nSPS) is 50.5. The fourth-order valence-electron chi connectivity index (χ4n) is 7.79. The van der Waals surface area contributed by atoms with E-state index in [0.29, 0.717) is 29.5 Å². The molecule has 4 aliphatic rings. The summed E-state index contributed by atoms with van der Waals surface area (Å²) < 4.78 is 5.89. The number of hydrogen-bond donors (Lipinski definition) is 0. The van der Waals surface area contributed by atoms with E-state index in [1.54, 1.807) is 0 Å². The zero-order valence-corrected chi connectivity index (χ0v) is 17.1. The Morgan fingerprint density at radius 1 is 1.08 bits per heavy atom. The van der Waals surface area contributed by atoms with E-state index in [4.69, 9.17) is 4.74 Å². The number of rotatable bonds is 2. The van der Waals surface area contributed by atoms with E-state index in [1.165, 1.54) is 32.1 Å². The third-order valence-electron chi connectivity index (χ3n) is 9.28. The smallest absolute Gasteiger partial charge is 0.305 e. The van der Waals surface area contributed by atoms with Crippen molar-refractivity contribution < 1.29 is 14.3 Å². The van der Waals surface area contributed by atoms with Gasteiger partial charge in [-0.3, -0.25) is 9.59 Å². The topological polar surface area (TPSA) is 43.4 Å². The Morgan fingerprint density at radius 2 is 1.81 bits per heavy atom. The molecule has 0 spiro atoms. The van der Waals surface area contributed by atoms with Crippen molar-refractivity contribution >= 4 is 11.8 Å². The Balaban J connectivity index is 1.57. The number of fused-ring (bicyclic) bond motifs is 5. The molecule has 0 heterocycles. The molecule has 146 valence electrons. The van der Waals surface area contributed by atoms with Crippen LogP contribution in [0.15, 0.2) is 0 Å². The van der Waals surface area contributed by atoms with Gasteiger partial charge in [-0.1, -0.05) is 27.7 Å². The van der Waals surface area contributed by atoms with Crippen LogP contribution in [0.5, 0.6) is 0 Å². The van der Waals surface area contributed by atoms with Crippen molar-refractivity contribution in [2.24, 2.45) is 40.4 Å². The summed E-state index contributed by atoms with van der Waals surface area (Å²) >= 11 is 0. The van der Waals surface area contributed by atoms with Gasteiger partial charge in [0.25, 0.3) is 0 Å². The number of ketones is 1. The average Bonchev–Trinajstić information content (AvgIpc) is 2.93. The predicted octanol–water partition coefficient (Wildman–Crippen LogP) is 5.17. The molecule has 8 atom stereocenters. The first-order chi connectivity index (χ1) is 12.3. The molecule has 26 heavy (non-hydrogen) atoms. The van der Waals surface area contributed by atoms with Crippen LogP contribution in [0.2, 0.25) is 0 Å². The highest BCUT2D eigenvalue weighted by atomic mass is 16.5. The Hall–Kier alpha value is -0.860. The predicted molar refractivity (Wildman–Crippen MR) is 101 cm³/mol. The molecule has 0 aromatic heterocycles. The van der Waals surface area contributed by atoms with E-state index in [-0.39, 0.29) is 23.4 Å². The van der Waals surface area contributed by atoms with Gasteiger partial charge in [-0.15, -0.1) is 0 Å². The van der Waals surface area contributed by atoms with Gasteiger partial charge >= 0.3 is 5.97 Å². The molecule has 1 unspecified atom stereocenters. The van der Waals surface area contributed by atoms with Gasteiger partial charge in [0, 0.05) is 24.2 Å². The maximum absolute atomic E-state index is 12.3. The number of carbonyl (C=O) groups is 2. The van der Waals surface area contributed by atoms with E-state index in [9.17, 15) is 9.59 Å². The van der Waals surface area contributed by atoms with Crippen LogP contribution >= 0.6 is 0 Å². The summed E-state index contributed by atoms with van der Waals surface area (Å²) in [6.07, 6.45) is 9.72. The minimum atomic E-state index is -0.0331. The van der Waals surface area contributed by atoms with Gasteiger partial charge in [0.1, 0.15) is 11.9 Å². The first-order valence-corrected chi connectivity index (χ1v) is 11.0. The number of ether oxygens (including phenoxy) is 1. The lowest BCUT2D eigenvalue weighted by Gasteiger charge is -2.60. The molecule has 3 nitrogen and oxygen atoms in total. The molecule has 0 aromatic carbocycles. The summed E-state index contributed by atoms with van der Waals surface area (Å²) in [4.78, 5) is 24.2.